The first-order chi connectivity index (χ1) is 11.7. The predicted octanol–water partition coefficient (Wildman–Crippen LogP) is 0.205. The van der Waals surface area contributed by atoms with Gasteiger partial charge in [0, 0.05) is 26.2 Å². The molecular weight excluding hydrogens is 316 g/mol. The summed E-state index contributed by atoms with van der Waals surface area (Å²) >= 11 is 0. The highest BCUT2D eigenvalue weighted by Crippen LogP contribution is 2.10. The zero-order chi connectivity index (χ0) is 16.8. The molecule has 0 radical (unpaired) electrons. The largest absolute Gasteiger partial charge is 0.378 e. The molecule has 0 atom stereocenters. The van der Waals surface area contributed by atoms with Crippen LogP contribution in [-0.4, -0.2) is 84.4 Å². The van der Waals surface area contributed by atoms with Gasteiger partial charge in [0.05, 0.1) is 38.8 Å². The number of nitrogens with zero attached hydrogens (tertiary/aromatic N) is 4. The Balaban J connectivity index is 1.57. The van der Waals surface area contributed by atoms with Gasteiger partial charge in [-0.15, -0.1) is 0 Å². The monoisotopic (exact) mass is 336 g/mol. The number of carbonyl (C=O) groups is 2. The number of nitrogens with one attached hydrogen (secondary N) is 2. The van der Waals surface area contributed by atoms with Crippen LogP contribution in [0.1, 0.15) is 0 Å². The normalized spacial score (nSPS) is 18.2. The Bertz CT molecular complexity index is 539. The van der Waals surface area contributed by atoms with Crippen LogP contribution in [-0.2, 0) is 9.47 Å². The summed E-state index contributed by atoms with van der Waals surface area (Å²) in [4.78, 5) is 35.7. The van der Waals surface area contributed by atoms with Crippen molar-refractivity contribution in [3.05, 3.63) is 12.4 Å². The van der Waals surface area contributed by atoms with Crippen LogP contribution in [0.3, 0.4) is 0 Å². The van der Waals surface area contributed by atoms with E-state index in [1.807, 2.05) is 0 Å². The van der Waals surface area contributed by atoms with Crippen LogP contribution in [0.5, 0.6) is 0 Å². The summed E-state index contributed by atoms with van der Waals surface area (Å²) in [6.07, 6.45) is 2.87. The third-order valence-corrected chi connectivity index (χ3v) is 3.70. The first-order valence-electron chi connectivity index (χ1n) is 7.82. The van der Waals surface area contributed by atoms with Crippen LogP contribution in [0.2, 0.25) is 0 Å². The van der Waals surface area contributed by atoms with Gasteiger partial charge in [0.2, 0.25) is 0 Å². The van der Waals surface area contributed by atoms with E-state index in [0.717, 1.165) is 0 Å². The van der Waals surface area contributed by atoms with Crippen LogP contribution in [0.4, 0.5) is 21.2 Å². The molecule has 0 saturated carbocycles. The van der Waals surface area contributed by atoms with E-state index in [9.17, 15) is 9.59 Å². The van der Waals surface area contributed by atoms with Crippen molar-refractivity contribution in [1.82, 2.24) is 19.8 Å². The maximum Gasteiger partial charge on any atom is 0.323 e. The molecule has 2 fully saturated rings. The number of urea groups is 2. The Morgan fingerprint density at radius 3 is 1.67 bits per heavy atom. The van der Waals surface area contributed by atoms with E-state index in [2.05, 4.69) is 20.6 Å². The molecule has 4 amide bonds. The van der Waals surface area contributed by atoms with Crippen molar-refractivity contribution in [2.24, 2.45) is 0 Å². The van der Waals surface area contributed by atoms with Gasteiger partial charge >= 0.3 is 12.1 Å². The lowest BCUT2D eigenvalue weighted by Gasteiger charge is -2.27. The number of aromatic nitrogens is 2. The van der Waals surface area contributed by atoms with Crippen molar-refractivity contribution < 1.29 is 19.1 Å². The molecule has 1 aromatic heterocycles. The lowest BCUT2D eigenvalue weighted by Crippen LogP contribution is -2.43. The second-order valence-corrected chi connectivity index (χ2v) is 5.35. The molecule has 3 heterocycles. The molecule has 0 unspecified atom stereocenters. The number of hydrogen-bond donors (Lipinski definition) is 2. The topological polar surface area (TPSA) is 109 Å². The number of hydrogen-bond acceptors (Lipinski definition) is 6. The smallest absolute Gasteiger partial charge is 0.323 e. The van der Waals surface area contributed by atoms with Crippen molar-refractivity contribution in [1.29, 1.82) is 0 Å². The number of morpholine rings is 2. The van der Waals surface area contributed by atoms with Crippen molar-refractivity contribution in [2.45, 2.75) is 0 Å². The molecule has 0 bridgehead atoms. The minimum atomic E-state index is -0.260. The van der Waals surface area contributed by atoms with Crippen LogP contribution in [0.25, 0.3) is 0 Å². The highest BCUT2D eigenvalue weighted by Gasteiger charge is 2.19. The fraction of sp³-hybridized carbons (Fsp3) is 0.571. The quantitative estimate of drug-likeness (QED) is 0.799. The lowest BCUT2D eigenvalue weighted by atomic mass is 10.4. The third-order valence-electron chi connectivity index (χ3n) is 3.70. The molecule has 130 valence electrons. The summed E-state index contributed by atoms with van der Waals surface area (Å²) < 4.78 is 10.4. The van der Waals surface area contributed by atoms with Crippen LogP contribution in [0.15, 0.2) is 12.4 Å². The number of carbonyl (C=O) groups excluding carboxylic acids is 2. The van der Waals surface area contributed by atoms with Gasteiger partial charge in [-0.2, -0.15) is 0 Å². The number of amides is 4. The second-order valence-electron chi connectivity index (χ2n) is 5.35. The Hall–Kier alpha value is -2.46. The highest BCUT2D eigenvalue weighted by molar-refractivity contribution is 5.90. The summed E-state index contributed by atoms with van der Waals surface area (Å²) in [7, 11) is 0. The van der Waals surface area contributed by atoms with Crippen molar-refractivity contribution >= 4 is 23.7 Å². The molecule has 0 aromatic carbocycles. The van der Waals surface area contributed by atoms with E-state index in [4.69, 9.17) is 9.47 Å². The highest BCUT2D eigenvalue weighted by atomic mass is 16.5. The molecule has 10 nitrogen and oxygen atoms in total. The maximum absolute atomic E-state index is 12.1. The molecule has 1 aromatic rings. The van der Waals surface area contributed by atoms with Crippen molar-refractivity contribution in [3.8, 4) is 0 Å². The van der Waals surface area contributed by atoms with Crippen molar-refractivity contribution in [3.63, 3.8) is 0 Å². The third kappa shape index (κ3) is 4.30. The van der Waals surface area contributed by atoms with E-state index < -0.39 is 0 Å². The number of rotatable bonds is 2. The molecule has 2 aliphatic heterocycles. The summed E-state index contributed by atoms with van der Waals surface area (Å²) in [5, 5.41) is 5.36. The Morgan fingerprint density at radius 2 is 1.25 bits per heavy atom. The van der Waals surface area contributed by atoms with Gasteiger partial charge in [0.1, 0.15) is 0 Å². The molecule has 2 aliphatic rings. The average molecular weight is 336 g/mol. The lowest BCUT2D eigenvalue weighted by molar-refractivity contribution is 0.0564. The first-order valence-corrected chi connectivity index (χ1v) is 7.82. The van der Waals surface area contributed by atoms with E-state index in [1.165, 1.54) is 12.4 Å². The fourth-order valence-corrected chi connectivity index (χ4v) is 2.40. The summed E-state index contributed by atoms with van der Waals surface area (Å²) in [5.74, 6) is 0.567. The maximum atomic E-state index is 12.1. The van der Waals surface area contributed by atoms with E-state index in [0.29, 0.717) is 52.6 Å². The fourth-order valence-electron chi connectivity index (χ4n) is 2.40. The Kier molecular flexibility index (Phi) is 5.39. The van der Waals surface area contributed by atoms with E-state index in [-0.39, 0.29) is 23.7 Å². The molecule has 2 saturated heterocycles. The van der Waals surface area contributed by atoms with Gasteiger partial charge in [0.25, 0.3) is 0 Å². The minimum absolute atomic E-state index is 0.260. The van der Waals surface area contributed by atoms with Gasteiger partial charge in [0.15, 0.2) is 11.6 Å². The van der Waals surface area contributed by atoms with Gasteiger partial charge in [-0.3, -0.25) is 15.6 Å². The minimum Gasteiger partial charge on any atom is -0.378 e. The molecule has 0 spiro atoms. The molecule has 2 N–H and O–H groups in total. The summed E-state index contributed by atoms with van der Waals surface area (Å²) in [6.45, 7) is 4.23. The van der Waals surface area contributed by atoms with Gasteiger partial charge in [-0.1, -0.05) is 0 Å². The Morgan fingerprint density at radius 1 is 0.833 bits per heavy atom. The molecular formula is C14H20N6O4. The van der Waals surface area contributed by atoms with E-state index in [1.54, 1.807) is 9.80 Å². The standard InChI is InChI=1S/C14H20N6O4/c21-13(19-1-5-23-6-2-19)17-11-9-15-10-12(16-11)18-14(22)20-3-7-24-8-4-20/h9-10H,1-8H2,(H2,16,17,18,21,22). The average Bonchev–Trinajstić information content (AvgIpc) is 2.63. The summed E-state index contributed by atoms with van der Waals surface area (Å²) in [6, 6.07) is -0.520. The zero-order valence-corrected chi connectivity index (χ0v) is 13.2. The SMILES string of the molecule is O=C(Nc1cncc(NC(=O)N2CCOCC2)n1)N1CCOCC1. The van der Waals surface area contributed by atoms with Gasteiger partial charge < -0.3 is 19.3 Å². The van der Waals surface area contributed by atoms with Crippen LogP contribution < -0.4 is 10.6 Å². The summed E-state index contributed by atoms with van der Waals surface area (Å²) in [5.41, 5.74) is 0. The second kappa shape index (κ2) is 7.88. The van der Waals surface area contributed by atoms with Crippen LogP contribution >= 0.6 is 0 Å². The molecule has 24 heavy (non-hydrogen) atoms. The zero-order valence-electron chi connectivity index (χ0n) is 13.2. The van der Waals surface area contributed by atoms with Gasteiger partial charge in [-0.05, 0) is 0 Å². The van der Waals surface area contributed by atoms with Gasteiger partial charge in [-0.25, -0.2) is 14.6 Å². The van der Waals surface area contributed by atoms with Crippen molar-refractivity contribution in [2.75, 3.05) is 63.2 Å². The Labute approximate surface area is 139 Å². The van der Waals surface area contributed by atoms with Crippen LogP contribution in [0, 0.1) is 0 Å². The number of ether oxygens (including phenoxy) is 2. The molecule has 10 heteroatoms. The molecule has 0 aliphatic carbocycles. The van der Waals surface area contributed by atoms with E-state index >= 15 is 0 Å². The number of anilines is 2. The first kappa shape index (κ1) is 16.4. The molecule has 3 rings (SSSR count). The predicted molar refractivity (Wildman–Crippen MR) is 84.9 cm³/mol.